The minimum atomic E-state index is -3.30. The fourth-order valence-corrected chi connectivity index (χ4v) is 6.46. The van der Waals surface area contributed by atoms with Crippen molar-refractivity contribution in [1.82, 2.24) is 20.2 Å². The molecule has 0 aliphatic carbocycles. The van der Waals surface area contributed by atoms with Crippen LogP contribution in [0.15, 0.2) is 70.4 Å². The van der Waals surface area contributed by atoms with Crippen LogP contribution >= 0.6 is 0 Å². The van der Waals surface area contributed by atoms with Crippen LogP contribution in [0.1, 0.15) is 31.0 Å². The van der Waals surface area contributed by atoms with Gasteiger partial charge in [0.2, 0.25) is 12.3 Å². The smallest absolute Gasteiger partial charge is 0.252 e. The Morgan fingerprint density at radius 3 is 2.69 bits per heavy atom. The van der Waals surface area contributed by atoms with Gasteiger partial charge < -0.3 is 20.2 Å². The predicted molar refractivity (Wildman–Crippen MR) is 130 cm³/mol. The van der Waals surface area contributed by atoms with Gasteiger partial charge in [-0.3, -0.25) is 0 Å². The van der Waals surface area contributed by atoms with Crippen molar-refractivity contribution in [1.29, 1.82) is 0 Å². The van der Waals surface area contributed by atoms with Crippen LogP contribution in [0.25, 0.3) is 11.5 Å². The number of hydrogen-bond acceptors (Lipinski definition) is 10. The summed E-state index contributed by atoms with van der Waals surface area (Å²) >= 11 is 0. The second-order valence-electron chi connectivity index (χ2n) is 8.97. The van der Waals surface area contributed by atoms with Gasteiger partial charge in [0.25, 0.3) is 5.89 Å². The highest BCUT2D eigenvalue weighted by Gasteiger charge is 2.40. The molecule has 1 aliphatic rings. The summed E-state index contributed by atoms with van der Waals surface area (Å²) in [6.07, 6.45) is 2.76. The van der Waals surface area contributed by atoms with Gasteiger partial charge in [-0.25, -0.2) is 13.4 Å². The van der Waals surface area contributed by atoms with E-state index in [9.17, 15) is 13.5 Å². The van der Waals surface area contributed by atoms with Crippen LogP contribution in [0.2, 0.25) is 0 Å². The summed E-state index contributed by atoms with van der Waals surface area (Å²) in [7, 11) is -3.30. The maximum Gasteiger partial charge on any atom is 0.252 e. The first-order valence-corrected chi connectivity index (χ1v) is 12.6. The molecule has 0 saturated carbocycles. The number of aliphatic hydroxyl groups is 1. The van der Waals surface area contributed by atoms with Crippen molar-refractivity contribution in [3.63, 3.8) is 0 Å². The van der Waals surface area contributed by atoms with Gasteiger partial charge in [0.05, 0.1) is 28.9 Å². The molecular formula is C24H24N6O4S. The maximum absolute atomic E-state index is 12.5. The van der Waals surface area contributed by atoms with Crippen molar-refractivity contribution in [2.75, 3.05) is 23.0 Å². The topological polar surface area (TPSA) is 143 Å². The zero-order chi connectivity index (χ0) is 24.6. The molecule has 11 heteroatoms. The standard InChI is InChI=1S/C24H24N6O4S/c1-24(2)13-35(32,33)20-9-8-16(10-18(20)24)27-23-25-11-17(22-30-26-14-34-22)21(29-23)28-19(12-31)15-6-4-3-5-7-15/h3-11,14,19,31H,12-13H2,1-2H3,(H2,25,27,28,29)/t19-/m1/s1. The molecule has 10 nitrogen and oxygen atoms in total. The van der Waals surface area contributed by atoms with Crippen molar-refractivity contribution in [2.45, 2.75) is 30.2 Å². The second-order valence-corrected chi connectivity index (χ2v) is 10.9. The number of anilines is 3. The lowest BCUT2D eigenvalue weighted by molar-refractivity contribution is 0.276. The van der Waals surface area contributed by atoms with Gasteiger partial charge in [0.1, 0.15) is 5.82 Å². The molecule has 2 aromatic heterocycles. The molecular weight excluding hydrogens is 468 g/mol. The van der Waals surface area contributed by atoms with E-state index in [2.05, 4.69) is 30.8 Å². The van der Waals surface area contributed by atoms with Gasteiger partial charge in [-0.1, -0.05) is 44.2 Å². The van der Waals surface area contributed by atoms with Crippen LogP contribution in [0.5, 0.6) is 0 Å². The van der Waals surface area contributed by atoms with E-state index in [0.29, 0.717) is 22.0 Å². The number of sulfone groups is 1. The minimum Gasteiger partial charge on any atom is -0.423 e. The highest BCUT2D eigenvalue weighted by atomic mass is 32.2. The van der Waals surface area contributed by atoms with Crippen LogP contribution in [0.3, 0.4) is 0 Å². The first kappa shape index (κ1) is 22.9. The lowest BCUT2D eigenvalue weighted by atomic mass is 9.87. The van der Waals surface area contributed by atoms with Gasteiger partial charge in [-0.05, 0) is 29.3 Å². The summed E-state index contributed by atoms with van der Waals surface area (Å²) < 4.78 is 30.3. The van der Waals surface area contributed by atoms with Crippen LogP contribution in [0, 0.1) is 0 Å². The molecule has 0 amide bonds. The van der Waals surface area contributed by atoms with Gasteiger partial charge >= 0.3 is 0 Å². The molecule has 35 heavy (non-hydrogen) atoms. The highest BCUT2D eigenvalue weighted by molar-refractivity contribution is 7.91. The second kappa shape index (κ2) is 8.75. The van der Waals surface area contributed by atoms with E-state index in [1.54, 1.807) is 18.3 Å². The first-order chi connectivity index (χ1) is 16.8. The molecule has 180 valence electrons. The molecule has 0 saturated heterocycles. The molecule has 5 rings (SSSR count). The van der Waals surface area contributed by atoms with Crippen LogP contribution in [-0.2, 0) is 15.3 Å². The fourth-order valence-electron chi connectivity index (χ4n) is 4.25. The third kappa shape index (κ3) is 4.47. The molecule has 0 radical (unpaired) electrons. The lowest BCUT2D eigenvalue weighted by Gasteiger charge is -2.20. The van der Waals surface area contributed by atoms with Gasteiger partial charge in [-0.15, -0.1) is 10.2 Å². The quantitative estimate of drug-likeness (QED) is 0.351. The van der Waals surface area contributed by atoms with E-state index < -0.39 is 21.3 Å². The van der Waals surface area contributed by atoms with Crippen molar-refractivity contribution >= 4 is 27.3 Å². The largest absolute Gasteiger partial charge is 0.423 e. The Morgan fingerprint density at radius 2 is 1.97 bits per heavy atom. The van der Waals surface area contributed by atoms with Crippen molar-refractivity contribution in [3.8, 4) is 11.5 Å². The Morgan fingerprint density at radius 1 is 1.17 bits per heavy atom. The Kier molecular flexibility index (Phi) is 5.73. The van der Waals surface area contributed by atoms with E-state index in [0.717, 1.165) is 11.1 Å². The number of aromatic nitrogens is 4. The Balaban J connectivity index is 1.50. The molecule has 3 heterocycles. The summed E-state index contributed by atoms with van der Waals surface area (Å²) in [4.78, 5) is 9.35. The van der Waals surface area contributed by atoms with E-state index >= 15 is 0 Å². The average molecular weight is 493 g/mol. The molecule has 2 aromatic carbocycles. The summed E-state index contributed by atoms with van der Waals surface area (Å²) in [5.41, 5.74) is 2.27. The van der Waals surface area contributed by atoms with E-state index in [1.165, 1.54) is 6.39 Å². The molecule has 3 N–H and O–H groups in total. The SMILES string of the molecule is CC1(C)CS(=O)(=O)c2ccc(Nc3ncc(-c4nnco4)c(N[C@H](CO)c4ccccc4)n3)cc21. The molecule has 4 aromatic rings. The van der Waals surface area contributed by atoms with Crippen LogP contribution < -0.4 is 10.6 Å². The van der Waals surface area contributed by atoms with E-state index in [1.807, 2.05) is 50.2 Å². The molecule has 0 fully saturated rings. The van der Waals surface area contributed by atoms with Gasteiger partial charge in [-0.2, -0.15) is 4.98 Å². The van der Waals surface area contributed by atoms with Crippen LogP contribution in [-0.4, -0.2) is 46.0 Å². The maximum atomic E-state index is 12.5. The molecule has 0 unspecified atom stereocenters. The third-order valence-corrected chi connectivity index (χ3v) is 8.05. The minimum absolute atomic E-state index is 0.0737. The molecule has 0 bridgehead atoms. The number of benzene rings is 2. The molecule has 1 aliphatic heterocycles. The zero-order valence-corrected chi connectivity index (χ0v) is 20.0. The summed E-state index contributed by atoms with van der Waals surface area (Å²) in [5, 5.41) is 24.1. The molecule has 0 spiro atoms. The van der Waals surface area contributed by atoms with Gasteiger partial charge in [0.15, 0.2) is 9.84 Å². The first-order valence-electron chi connectivity index (χ1n) is 11.0. The summed E-state index contributed by atoms with van der Waals surface area (Å²) in [6, 6.07) is 14.2. The van der Waals surface area contributed by atoms with Crippen LogP contribution in [0.4, 0.5) is 17.5 Å². The van der Waals surface area contributed by atoms with Gasteiger partial charge in [0, 0.05) is 17.3 Å². The lowest BCUT2D eigenvalue weighted by Crippen LogP contribution is -2.19. The normalized spacial score (nSPS) is 16.4. The van der Waals surface area contributed by atoms with Crippen molar-refractivity contribution in [2.24, 2.45) is 0 Å². The van der Waals surface area contributed by atoms with E-state index in [4.69, 9.17) is 4.42 Å². The predicted octanol–water partition coefficient (Wildman–Crippen LogP) is 3.48. The number of nitrogens with zero attached hydrogens (tertiary/aromatic N) is 4. The highest BCUT2D eigenvalue weighted by Crippen LogP contribution is 2.41. The van der Waals surface area contributed by atoms with Crippen molar-refractivity contribution in [3.05, 3.63) is 72.2 Å². The van der Waals surface area contributed by atoms with Crippen molar-refractivity contribution < 1.29 is 17.9 Å². The third-order valence-electron chi connectivity index (χ3n) is 5.93. The monoisotopic (exact) mass is 492 g/mol. The number of fused-ring (bicyclic) bond motifs is 1. The Hall–Kier alpha value is -3.83. The fraction of sp³-hybridized carbons (Fsp3) is 0.250. The summed E-state index contributed by atoms with van der Waals surface area (Å²) in [5.74, 6) is 0.968. The number of hydrogen-bond donors (Lipinski definition) is 3. The number of nitrogens with one attached hydrogen (secondary N) is 2. The molecule has 1 atom stereocenters. The average Bonchev–Trinajstić information content (AvgIpc) is 3.43. The number of aliphatic hydroxyl groups excluding tert-OH is 1. The Bertz CT molecular complexity index is 1460. The number of rotatable bonds is 7. The van der Waals surface area contributed by atoms with E-state index in [-0.39, 0.29) is 24.2 Å². The summed E-state index contributed by atoms with van der Waals surface area (Å²) in [6.45, 7) is 3.65. The Labute approximate surface area is 202 Å². The zero-order valence-electron chi connectivity index (χ0n) is 19.1.